The molecule has 7 nitrogen and oxygen atoms in total. The Labute approximate surface area is 205 Å². The summed E-state index contributed by atoms with van der Waals surface area (Å²) in [6, 6.07) is 13.0. The van der Waals surface area contributed by atoms with E-state index in [0.29, 0.717) is 54.7 Å². The molecule has 0 aliphatic carbocycles. The lowest BCUT2D eigenvalue weighted by molar-refractivity contribution is -0.132. The number of amides is 2. The van der Waals surface area contributed by atoms with Gasteiger partial charge < -0.3 is 20.9 Å². The number of benzene rings is 2. The molecule has 2 heterocycles. The van der Waals surface area contributed by atoms with Crippen LogP contribution in [0.25, 0.3) is 5.57 Å². The van der Waals surface area contributed by atoms with Crippen molar-refractivity contribution in [3.05, 3.63) is 70.4 Å². The number of carbonyl (C=O) groups excluding carboxylic acids is 2. The van der Waals surface area contributed by atoms with Crippen LogP contribution >= 0.6 is 11.6 Å². The van der Waals surface area contributed by atoms with Crippen molar-refractivity contribution in [3.63, 3.8) is 0 Å². The van der Waals surface area contributed by atoms with Crippen LogP contribution in [0.2, 0.25) is 5.02 Å². The van der Waals surface area contributed by atoms with Crippen LogP contribution in [0.4, 0.5) is 5.69 Å². The highest BCUT2D eigenvalue weighted by Gasteiger charge is 2.40. The maximum absolute atomic E-state index is 13.4. The number of hydrogen-bond acceptors (Lipinski definition) is 5. The molecular weight excluding hydrogens is 450 g/mol. The standard InChI is InChI=1S/C26H30ClN5O2/c1-17-7-8-19(14-22(17)28)24(33)31-11-12-32(26(2,3)16-31)25(34)23-29-10-9-20(15-30-23)18-5-4-6-21(27)13-18/h4-8,13-15H,9-12,16,28H2,1-3H3,(H,29,30). The highest BCUT2D eigenvalue weighted by molar-refractivity contribution is 6.38. The molecule has 34 heavy (non-hydrogen) atoms. The molecule has 0 radical (unpaired) electrons. The van der Waals surface area contributed by atoms with Gasteiger partial charge in [0.2, 0.25) is 0 Å². The quantitative estimate of drug-likeness (QED) is 0.656. The van der Waals surface area contributed by atoms with Crippen LogP contribution in [0, 0.1) is 6.92 Å². The van der Waals surface area contributed by atoms with Gasteiger partial charge in [-0.1, -0.05) is 29.8 Å². The van der Waals surface area contributed by atoms with Crippen molar-refractivity contribution in [2.24, 2.45) is 4.99 Å². The molecule has 0 spiro atoms. The average Bonchev–Trinajstić information content (AvgIpc) is 3.06. The summed E-state index contributed by atoms with van der Waals surface area (Å²) < 4.78 is 0. The Hall–Kier alpha value is -3.32. The van der Waals surface area contributed by atoms with Crippen molar-refractivity contribution in [3.8, 4) is 0 Å². The average molecular weight is 480 g/mol. The van der Waals surface area contributed by atoms with E-state index in [0.717, 1.165) is 16.7 Å². The highest BCUT2D eigenvalue weighted by Crippen LogP contribution is 2.25. The molecule has 0 unspecified atom stereocenters. The largest absolute Gasteiger partial charge is 0.398 e. The lowest BCUT2D eigenvalue weighted by Gasteiger charge is -2.47. The van der Waals surface area contributed by atoms with E-state index in [1.807, 2.05) is 57.3 Å². The first-order valence-corrected chi connectivity index (χ1v) is 11.8. The number of rotatable bonds is 3. The SMILES string of the molecule is Cc1ccc(C(=O)N2CCN(C(=O)C3=NCCC(c4cccc(Cl)c4)=CN3)C(C)(C)C2)cc1N. The number of amidine groups is 1. The highest BCUT2D eigenvalue weighted by atomic mass is 35.5. The Bertz CT molecular complexity index is 1190. The van der Waals surface area contributed by atoms with Crippen LogP contribution in [-0.2, 0) is 4.79 Å². The summed E-state index contributed by atoms with van der Waals surface area (Å²) in [6.45, 7) is 7.64. The molecule has 1 fully saturated rings. The number of nitrogens with two attached hydrogens (primary N) is 1. The van der Waals surface area contributed by atoms with Gasteiger partial charge in [-0.25, -0.2) is 0 Å². The zero-order chi connectivity index (χ0) is 24.5. The molecule has 2 aliphatic heterocycles. The van der Waals surface area contributed by atoms with E-state index in [4.69, 9.17) is 17.3 Å². The summed E-state index contributed by atoms with van der Waals surface area (Å²) in [6.07, 6.45) is 2.54. The number of aryl methyl sites for hydroxylation is 1. The first kappa shape index (κ1) is 23.8. The Morgan fingerprint density at radius 1 is 1.12 bits per heavy atom. The number of nitrogens with zero attached hydrogens (tertiary/aromatic N) is 3. The summed E-state index contributed by atoms with van der Waals surface area (Å²) in [5.41, 5.74) is 9.59. The number of piperazine rings is 1. The van der Waals surface area contributed by atoms with Gasteiger partial charge in [-0.05, 0) is 68.2 Å². The molecular formula is C26H30ClN5O2. The predicted octanol–water partition coefficient (Wildman–Crippen LogP) is 3.73. The fourth-order valence-electron chi connectivity index (χ4n) is 4.40. The number of nitrogens with one attached hydrogen (secondary N) is 1. The zero-order valence-electron chi connectivity index (χ0n) is 19.8. The molecule has 2 aromatic rings. The molecule has 0 aromatic heterocycles. The minimum absolute atomic E-state index is 0.0779. The molecule has 2 aliphatic rings. The Balaban J connectivity index is 1.45. The third-order valence-corrected chi connectivity index (χ3v) is 6.63. The molecule has 2 aromatic carbocycles. The second-order valence-corrected chi connectivity index (χ2v) is 9.81. The second-order valence-electron chi connectivity index (χ2n) is 9.37. The van der Waals surface area contributed by atoms with E-state index in [9.17, 15) is 9.59 Å². The van der Waals surface area contributed by atoms with Crippen LogP contribution in [0.1, 0.15) is 41.8 Å². The third-order valence-electron chi connectivity index (χ3n) is 6.39. The second kappa shape index (κ2) is 9.50. The van der Waals surface area contributed by atoms with E-state index in [-0.39, 0.29) is 11.8 Å². The van der Waals surface area contributed by atoms with Gasteiger partial charge >= 0.3 is 0 Å². The van der Waals surface area contributed by atoms with E-state index in [2.05, 4.69) is 10.3 Å². The molecule has 4 rings (SSSR count). The summed E-state index contributed by atoms with van der Waals surface area (Å²) in [7, 11) is 0. The smallest absolute Gasteiger partial charge is 0.289 e. The normalized spacial score (nSPS) is 17.9. The van der Waals surface area contributed by atoms with Gasteiger partial charge in [0.25, 0.3) is 11.8 Å². The fourth-order valence-corrected chi connectivity index (χ4v) is 4.59. The maximum Gasteiger partial charge on any atom is 0.289 e. The van der Waals surface area contributed by atoms with Crippen molar-refractivity contribution in [1.82, 2.24) is 15.1 Å². The van der Waals surface area contributed by atoms with Crippen molar-refractivity contribution in [1.29, 1.82) is 0 Å². The molecule has 3 N–H and O–H groups in total. The molecule has 0 saturated carbocycles. The lowest BCUT2D eigenvalue weighted by Crippen LogP contribution is -2.63. The van der Waals surface area contributed by atoms with Crippen LogP contribution in [0.15, 0.2) is 53.7 Å². The third kappa shape index (κ3) is 4.94. The summed E-state index contributed by atoms with van der Waals surface area (Å²) >= 11 is 6.13. The van der Waals surface area contributed by atoms with Crippen LogP contribution in [0.3, 0.4) is 0 Å². The monoisotopic (exact) mass is 479 g/mol. The van der Waals surface area contributed by atoms with Crippen LogP contribution in [0.5, 0.6) is 0 Å². The number of aliphatic imine (C=N–C) groups is 1. The van der Waals surface area contributed by atoms with E-state index in [1.165, 1.54) is 0 Å². The Kier molecular flexibility index (Phi) is 6.66. The fraction of sp³-hybridized carbons (Fsp3) is 0.346. The van der Waals surface area contributed by atoms with Gasteiger partial charge in [-0.15, -0.1) is 0 Å². The molecule has 1 saturated heterocycles. The van der Waals surface area contributed by atoms with Gasteiger partial charge in [-0.2, -0.15) is 0 Å². The molecule has 0 atom stereocenters. The van der Waals surface area contributed by atoms with Crippen molar-refractivity contribution >= 4 is 40.5 Å². The number of nitrogen functional groups attached to an aromatic ring is 1. The van der Waals surface area contributed by atoms with Gasteiger partial charge in [0.05, 0.1) is 5.54 Å². The first-order valence-electron chi connectivity index (χ1n) is 11.4. The van der Waals surface area contributed by atoms with Crippen molar-refractivity contribution < 1.29 is 9.59 Å². The van der Waals surface area contributed by atoms with E-state index in [1.54, 1.807) is 21.9 Å². The number of hydrogen-bond donors (Lipinski definition) is 2. The predicted molar refractivity (Wildman–Crippen MR) is 137 cm³/mol. The molecule has 0 bridgehead atoms. The Morgan fingerprint density at radius 3 is 2.62 bits per heavy atom. The van der Waals surface area contributed by atoms with Gasteiger partial charge in [0.1, 0.15) is 0 Å². The van der Waals surface area contributed by atoms with Gasteiger partial charge in [0.15, 0.2) is 5.84 Å². The van der Waals surface area contributed by atoms with E-state index >= 15 is 0 Å². The van der Waals surface area contributed by atoms with Crippen molar-refractivity contribution in [2.75, 3.05) is 31.9 Å². The topological polar surface area (TPSA) is 91.0 Å². The molecule has 8 heteroatoms. The van der Waals surface area contributed by atoms with E-state index < -0.39 is 5.54 Å². The minimum Gasteiger partial charge on any atom is -0.398 e. The van der Waals surface area contributed by atoms with Crippen molar-refractivity contribution in [2.45, 2.75) is 32.7 Å². The minimum atomic E-state index is -0.558. The first-order chi connectivity index (χ1) is 16.2. The van der Waals surface area contributed by atoms with Crippen LogP contribution < -0.4 is 11.1 Å². The number of carbonyl (C=O) groups is 2. The lowest BCUT2D eigenvalue weighted by atomic mass is 9.97. The summed E-state index contributed by atoms with van der Waals surface area (Å²) in [4.78, 5) is 34.6. The Morgan fingerprint density at radius 2 is 1.91 bits per heavy atom. The van der Waals surface area contributed by atoms with Crippen LogP contribution in [-0.4, -0.2) is 59.2 Å². The molecule has 2 amide bonds. The summed E-state index contributed by atoms with van der Waals surface area (Å²) in [5, 5.41) is 3.78. The number of halogens is 1. The number of anilines is 1. The maximum atomic E-state index is 13.4. The summed E-state index contributed by atoms with van der Waals surface area (Å²) in [5.74, 6) is 0.0716. The van der Waals surface area contributed by atoms with Gasteiger partial charge in [-0.3, -0.25) is 14.6 Å². The zero-order valence-corrected chi connectivity index (χ0v) is 20.5. The molecule has 178 valence electrons. The van der Waals surface area contributed by atoms with Gasteiger partial charge in [0, 0.05) is 48.7 Å².